The van der Waals surface area contributed by atoms with Gasteiger partial charge in [0.15, 0.2) is 10.2 Å². The van der Waals surface area contributed by atoms with Gasteiger partial charge in [-0.25, -0.2) is 21.1 Å². The maximum absolute atomic E-state index is 11.4. The summed E-state index contributed by atoms with van der Waals surface area (Å²) in [6.07, 6.45) is 3.72. The minimum Gasteiger partial charge on any atom is -0.395 e. The summed E-state index contributed by atoms with van der Waals surface area (Å²) in [7, 11) is -14.2. The number of nitrogens with zero attached hydrogens (tertiary/aromatic N) is 2. The average molecular weight is 881 g/mol. The molecule has 26 heteroatoms. The third kappa shape index (κ3) is 50.3. The smallest absolute Gasteiger partial charge is 0.264 e. The Kier molecular flexibility index (Phi) is 38.5. The van der Waals surface area contributed by atoms with E-state index in [0.717, 1.165) is 77.4 Å². The molecule has 0 fully saturated rings. The van der Waals surface area contributed by atoms with Crippen molar-refractivity contribution in [3.8, 4) is 0 Å². The molecule has 0 aromatic rings. The van der Waals surface area contributed by atoms with Crippen molar-refractivity contribution in [3.63, 3.8) is 0 Å². The molecule has 0 spiro atoms. The highest BCUT2D eigenvalue weighted by Crippen LogP contribution is 2.08. The van der Waals surface area contributed by atoms with Crippen molar-refractivity contribution < 1.29 is 61.8 Å². The molecule has 0 aromatic heterocycles. The van der Waals surface area contributed by atoms with Crippen LogP contribution in [0.4, 0.5) is 0 Å². The van der Waals surface area contributed by atoms with Gasteiger partial charge in [-0.2, -0.15) is 46.4 Å². The van der Waals surface area contributed by atoms with E-state index in [-0.39, 0.29) is 49.7 Å². The van der Waals surface area contributed by atoms with Crippen molar-refractivity contribution in [1.82, 2.24) is 19.2 Å². The van der Waals surface area contributed by atoms with E-state index in [0.29, 0.717) is 37.7 Å². The first-order chi connectivity index (χ1) is 22.9. The van der Waals surface area contributed by atoms with Crippen molar-refractivity contribution in [2.45, 2.75) is 13.8 Å². The van der Waals surface area contributed by atoms with Crippen LogP contribution in [0, 0.1) is 0 Å². The Morgan fingerprint density at radius 3 is 1.14 bits per heavy atom. The predicted molar refractivity (Wildman–Crippen MR) is 208 cm³/mol. The van der Waals surface area contributed by atoms with E-state index in [1.54, 1.807) is 0 Å². The minimum atomic E-state index is -3.66. The Bertz CT molecular complexity index is 1230. The van der Waals surface area contributed by atoms with E-state index in [2.05, 4.69) is 44.3 Å². The van der Waals surface area contributed by atoms with E-state index >= 15 is 0 Å². The van der Waals surface area contributed by atoms with Gasteiger partial charge in [-0.1, -0.05) is 23.5 Å². The molecule has 304 valence electrons. The van der Waals surface area contributed by atoms with Crippen LogP contribution in [0.2, 0.25) is 0 Å². The Hall–Kier alpha value is 0.220. The van der Waals surface area contributed by atoms with Crippen LogP contribution < -0.4 is 10.6 Å². The predicted octanol–water partition coefficient (Wildman–Crippen LogP) is -2.00. The summed E-state index contributed by atoms with van der Waals surface area (Å²) in [4.78, 5) is 21.4. The van der Waals surface area contributed by atoms with Crippen LogP contribution in [0.1, 0.15) is 13.8 Å². The second kappa shape index (κ2) is 33.8. The van der Waals surface area contributed by atoms with Crippen molar-refractivity contribution in [3.05, 3.63) is 0 Å². The van der Waals surface area contributed by atoms with Crippen molar-refractivity contribution in [2.24, 2.45) is 0 Å². The number of aliphatic hydroxyl groups is 2. The number of hydrogen-bond acceptors (Lipinski definition) is 20. The number of hydrogen-bond donors (Lipinski definition) is 6. The summed E-state index contributed by atoms with van der Waals surface area (Å²) in [5.74, 6) is 2.70. The molecular formula is C24H56N4O14S8. The molecule has 0 amide bonds. The molecule has 0 unspecified atom stereocenters. The monoisotopic (exact) mass is 880 g/mol. The van der Waals surface area contributed by atoms with Gasteiger partial charge in [-0.15, -0.1) is 0 Å². The Morgan fingerprint density at radius 1 is 0.600 bits per heavy atom. The van der Waals surface area contributed by atoms with Gasteiger partial charge >= 0.3 is 0 Å². The first-order valence-electron chi connectivity index (χ1n) is 14.6. The van der Waals surface area contributed by atoms with E-state index < -0.39 is 40.3 Å². The normalized spacial score (nSPS) is 11.9. The fourth-order valence-electron chi connectivity index (χ4n) is 2.62. The number of carbonyl (C=O) groups is 2. The Balaban J connectivity index is -0.000000309. The van der Waals surface area contributed by atoms with Crippen LogP contribution in [0.3, 0.4) is 0 Å². The molecule has 0 saturated carbocycles. The largest absolute Gasteiger partial charge is 0.395 e. The zero-order chi connectivity index (χ0) is 39.9. The summed E-state index contributed by atoms with van der Waals surface area (Å²) in [5.41, 5.74) is 0. The number of sulfonamides is 2. The lowest BCUT2D eigenvalue weighted by atomic mass is 10.6. The second-order valence-corrected chi connectivity index (χ2v) is 20.1. The van der Waals surface area contributed by atoms with E-state index in [4.69, 9.17) is 10.2 Å². The van der Waals surface area contributed by atoms with Crippen molar-refractivity contribution in [2.75, 3.05) is 127 Å². The van der Waals surface area contributed by atoms with Crippen LogP contribution in [-0.2, 0) is 58.2 Å². The molecule has 0 aliphatic heterocycles. The highest BCUT2D eigenvalue weighted by atomic mass is 32.2. The van der Waals surface area contributed by atoms with E-state index in [1.807, 2.05) is 0 Å². The first-order valence-corrected chi connectivity index (χ1v) is 25.1. The molecule has 0 radical (unpaired) electrons. The summed E-state index contributed by atoms with van der Waals surface area (Å²) in [6, 6.07) is 0. The minimum absolute atomic E-state index is 0.0310. The Labute approximate surface area is 319 Å². The average Bonchev–Trinajstić information content (AvgIpc) is 2.94. The summed E-state index contributed by atoms with van der Waals surface area (Å²) >= 11 is 10.2. The van der Waals surface area contributed by atoms with Crippen LogP contribution in [0.5, 0.6) is 0 Å². The lowest BCUT2D eigenvalue weighted by molar-refractivity contribution is -0.109. The molecule has 0 saturated heterocycles. The highest BCUT2D eigenvalue weighted by Gasteiger charge is 2.18. The zero-order valence-corrected chi connectivity index (χ0v) is 36.0. The van der Waals surface area contributed by atoms with Gasteiger partial charge in [0.1, 0.15) is 0 Å². The molecular weight excluding hydrogens is 825 g/mol. The molecule has 50 heavy (non-hydrogen) atoms. The fourth-order valence-corrected chi connectivity index (χ4v) is 6.77. The van der Waals surface area contributed by atoms with E-state index in [9.17, 15) is 43.3 Å². The molecule has 0 aliphatic rings. The van der Waals surface area contributed by atoms with Crippen molar-refractivity contribution in [1.29, 1.82) is 0 Å². The number of nitrogens with one attached hydrogen (secondary N) is 2. The number of aliphatic hydroxyl groups excluding tert-OH is 2. The number of carbonyl (C=O) groups excluding carboxylic acids is 2. The maximum Gasteiger partial charge on any atom is 0.264 e. The summed E-state index contributed by atoms with van der Waals surface area (Å²) in [5, 5.41) is 22.2. The lowest BCUT2D eigenvalue weighted by Crippen LogP contribution is -2.36. The summed E-state index contributed by atoms with van der Waals surface area (Å²) in [6.45, 7) is 5.72. The SMILES string of the molecule is CC(=O)SCCN(CCSC(C)=O)S(C)(=O)=O.CS(=O)(=O)OCCN(CCOS(C)(=O)=O)S(C)(=O)=O.OCCNCCO.SCCNCCS. The molecule has 0 atom stereocenters. The van der Waals surface area contributed by atoms with Gasteiger partial charge < -0.3 is 20.8 Å². The van der Waals surface area contributed by atoms with Gasteiger partial charge in [0.25, 0.3) is 20.2 Å². The van der Waals surface area contributed by atoms with Crippen LogP contribution in [-0.4, -0.2) is 190 Å². The third-order valence-electron chi connectivity index (χ3n) is 4.66. The first kappa shape index (κ1) is 57.0. The molecule has 0 bridgehead atoms. The third-order valence-corrected chi connectivity index (χ3v) is 10.5. The summed E-state index contributed by atoms with van der Waals surface area (Å²) < 4.78 is 99.4. The number of thiol groups is 2. The second-order valence-electron chi connectivity index (χ2n) is 9.45. The molecule has 0 heterocycles. The lowest BCUT2D eigenvalue weighted by Gasteiger charge is -2.18. The molecule has 0 aromatic carbocycles. The molecule has 4 N–H and O–H groups in total. The quantitative estimate of drug-likeness (QED) is 0.0348. The maximum atomic E-state index is 11.4. The fraction of sp³-hybridized carbons (Fsp3) is 0.917. The highest BCUT2D eigenvalue weighted by molar-refractivity contribution is 8.13. The molecule has 0 aliphatic carbocycles. The van der Waals surface area contributed by atoms with Gasteiger partial charge in [0, 0.05) is 89.2 Å². The van der Waals surface area contributed by atoms with Gasteiger partial charge in [0.2, 0.25) is 20.0 Å². The van der Waals surface area contributed by atoms with E-state index in [1.165, 1.54) is 18.2 Å². The number of thioether (sulfide) groups is 2. The van der Waals surface area contributed by atoms with Crippen molar-refractivity contribution >= 4 is 99.3 Å². The topological polar surface area (TPSA) is 260 Å². The molecule has 18 nitrogen and oxygen atoms in total. The molecule has 0 rings (SSSR count). The standard InChI is InChI=1S/C9H17NO4S3.C7H17NO8S3.C4H11NO2.C4H11NS2/c1-8(11)15-6-4-10(17(3,13)14)5-7-16-9(2)12;1-17(9,10)8(4-6-15-18(2,11)12)5-7-16-19(3,13)14;2*6-3-1-5-2-4-7/h4-7H2,1-3H3;4-7H2,1-3H3;2*5-7H,1-4H2. The Morgan fingerprint density at radius 2 is 0.900 bits per heavy atom. The zero-order valence-electron chi connectivity index (χ0n) is 29.3. The van der Waals surface area contributed by atoms with Gasteiger partial charge in [-0.3, -0.25) is 18.0 Å². The van der Waals surface area contributed by atoms with Crippen LogP contribution in [0.15, 0.2) is 0 Å². The van der Waals surface area contributed by atoms with Gasteiger partial charge in [0.05, 0.1) is 51.5 Å². The number of rotatable bonds is 24. The van der Waals surface area contributed by atoms with Crippen LogP contribution in [0.25, 0.3) is 0 Å². The van der Waals surface area contributed by atoms with Crippen LogP contribution >= 0.6 is 48.8 Å². The van der Waals surface area contributed by atoms with Gasteiger partial charge in [-0.05, 0) is 0 Å².